The summed E-state index contributed by atoms with van der Waals surface area (Å²) >= 11 is 7.97. The first-order chi connectivity index (χ1) is 8.52. The number of anilines is 1. The Morgan fingerprint density at radius 3 is 2.67 bits per heavy atom. The van der Waals surface area contributed by atoms with Gasteiger partial charge in [-0.15, -0.1) is 21.5 Å². The summed E-state index contributed by atoms with van der Waals surface area (Å²) in [6.07, 6.45) is 0. The normalized spacial score (nSPS) is 10.1. The molecule has 0 radical (unpaired) electrons. The Kier molecular flexibility index (Phi) is 3.61. The zero-order valence-electron chi connectivity index (χ0n) is 9.44. The van der Waals surface area contributed by atoms with Crippen molar-refractivity contribution < 1.29 is 4.79 Å². The van der Waals surface area contributed by atoms with Crippen LogP contribution in [0.2, 0.25) is 4.47 Å². The Hall–Kier alpha value is -1.49. The van der Waals surface area contributed by atoms with Gasteiger partial charge in [0.2, 0.25) is 9.47 Å². The molecule has 8 heteroatoms. The van der Waals surface area contributed by atoms with E-state index >= 15 is 0 Å². The maximum absolute atomic E-state index is 11.9. The minimum Gasteiger partial charge on any atom is -0.310 e. The van der Waals surface area contributed by atoms with Gasteiger partial charge in [0.15, 0.2) is 0 Å². The fraction of sp³-hybridized carbons (Fsp3) is 0.200. The Labute approximate surface area is 116 Å². The van der Waals surface area contributed by atoms with E-state index < -0.39 is 5.91 Å². The molecule has 2 aromatic rings. The summed E-state index contributed by atoms with van der Waals surface area (Å²) in [5.74, 6) is -0.405. The summed E-state index contributed by atoms with van der Waals surface area (Å²) in [6.45, 7) is 3.75. The average Bonchev–Trinajstić information content (AvgIpc) is 2.85. The highest BCUT2D eigenvalue weighted by Gasteiger charge is 2.17. The van der Waals surface area contributed by atoms with Gasteiger partial charge in [-0.3, -0.25) is 4.79 Å². The Morgan fingerprint density at radius 2 is 2.11 bits per heavy atom. The molecule has 0 aliphatic heterocycles. The molecule has 2 aromatic heterocycles. The van der Waals surface area contributed by atoms with Crippen LogP contribution < -0.4 is 5.32 Å². The number of aromatic nitrogens is 2. The second-order valence-electron chi connectivity index (χ2n) is 3.41. The van der Waals surface area contributed by atoms with Gasteiger partial charge >= 0.3 is 0 Å². The molecule has 0 fully saturated rings. The standard InChI is InChI=1S/C10H7ClN4OS2/c1-4-5(2)17-8(6(4)3-12)13-7(16)9-14-15-10(11)18-9/h1-2H3,(H,13,16). The Morgan fingerprint density at radius 1 is 1.39 bits per heavy atom. The fourth-order valence-corrected chi connectivity index (χ4v) is 3.03. The van der Waals surface area contributed by atoms with Crippen LogP contribution >= 0.6 is 34.3 Å². The van der Waals surface area contributed by atoms with Gasteiger partial charge in [0.05, 0.1) is 5.56 Å². The Bertz CT molecular complexity index is 655. The molecule has 2 rings (SSSR count). The summed E-state index contributed by atoms with van der Waals surface area (Å²) < 4.78 is 0.208. The number of amides is 1. The number of nitrogens with zero attached hydrogens (tertiary/aromatic N) is 3. The third-order valence-corrected chi connectivity index (χ3v) is 4.46. The van der Waals surface area contributed by atoms with Crippen LogP contribution in [0.5, 0.6) is 0 Å². The molecule has 1 N–H and O–H groups in total. The van der Waals surface area contributed by atoms with Crippen molar-refractivity contribution >= 4 is 45.2 Å². The van der Waals surface area contributed by atoms with Gasteiger partial charge in [-0.1, -0.05) is 11.3 Å². The first-order valence-corrected chi connectivity index (χ1v) is 6.84. The molecule has 0 saturated carbocycles. The van der Waals surface area contributed by atoms with Crippen molar-refractivity contribution in [1.82, 2.24) is 10.2 Å². The van der Waals surface area contributed by atoms with Crippen molar-refractivity contribution in [3.63, 3.8) is 0 Å². The molecule has 5 nitrogen and oxygen atoms in total. The van der Waals surface area contributed by atoms with Crippen molar-refractivity contribution in [2.75, 3.05) is 5.32 Å². The van der Waals surface area contributed by atoms with Crippen molar-refractivity contribution in [3.8, 4) is 6.07 Å². The summed E-state index contributed by atoms with van der Waals surface area (Å²) in [7, 11) is 0. The van der Waals surface area contributed by atoms with Gasteiger partial charge in [-0.2, -0.15) is 5.26 Å². The number of hydrogen-bond donors (Lipinski definition) is 1. The van der Waals surface area contributed by atoms with E-state index in [9.17, 15) is 4.79 Å². The van der Waals surface area contributed by atoms with Gasteiger partial charge in [-0.25, -0.2) is 0 Å². The molecule has 0 aliphatic carbocycles. The monoisotopic (exact) mass is 298 g/mol. The van der Waals surface area contributed by atoms with Crippen molar-refractivity contribution in [1.29, 1.82) is 5.26 Å². The lowest BCUT2D eigenvalue weighted by molar-refractivity contribution is 0.102. The van der Waals surface area contributed by atoms with Crippen LogP contribution in [-0.2, 0) is 0 Å². The number of nitrogens with one attached hydrogen (secondary N) is 1. The van der Waals surface area contributed by atoms with Crippen LogP contribution in [-0.4, -0.2) is 16.1 Å². The lowest BCUT2D eigenvalue weighted by Gasteiger charge is -1.99. The number of carbonyl (C=O) groups excluding carboxylic acids is 1. The average molecular weight is 299 g/mol. The van der Waals surface area contributed by atoms with Crippen LogP contribution in [0.4, 0.5) is 5.00 Å². The van der Waals surface area contributed by atoms with Crippen molar-refractivity contribution in [2.45, 2.75) is 13.8 Å². The number of nitriles is 1. The molecule has 0 bridgehead atoms. The second-order valence-corrected chi connectivity index (χ2v) is 6.20. The van der Waals surface area contributed by atoms with E-state index in [1.807, 2.05) is 13.8 Å². The summed E-state index contributed by atoms with van der Waals surface area (Å²) in [5.41, 5.74) is 1.37. The molecule has 0 unspecified atom stereocenters. The quantitative estimate of drug-likeness (QED) is 0.924. The van der Waals surface area contributed by atoms with Crippen LogP contribution in [0.15, 0.2) is 0 Å². The van der Waals surface area contributed by atoms with Gasteiger partial charge in [0, 0.05) is 4.88 Å². The number of rotatable bonds is 2. The lowest BCUT2D eigenvalue weighted by atomic mass is 10.2. The molecule has 0 atom stereocenters. The predicted molar refractivity (Wildman–Crippen MR) is 71.4 cm³/mol. The molecule has 1 amide bonds. The van der Waals surface area contributed by atoms with E-state index in [-0.39, 0.29) is 9.47 Å². The predicted octanol–water partition coefficient (Wildman–Crippen LogP) is 2.99. The zero-order chi connectivity index (χ0) is 13.3. The van der Waals surface area contributed by atoms with Gasteiger partial charge in [0.1, 0.15) is 11.1 Å². The highest BCUT2D eigenvalue weighted by Crippen LogP contribution is 2.32. The second kappa shape index (κ2) is 5.02. The third-order valence-electron chi connectivity index (χ3n) is 2.32. The van der Waals surface area contributed by atoms with Gasteiger partial charge < -0.3 is 5.32 Å². The first-order valence-electron chi connectivity index (χ1n) is 4.83. The minimum absolute atomic E-state index is 0.174. The van der Waals surface area contributed by atoms with E-state index in [2.05, 4.69) is 21.6 Å². The zero-order valence-corrected chi connectivity index (χ0v) is 11.8. The molecular weight excluding hydrogens is 292 g/mol. The maximum Gasteiger partial charge on any atom is 0.287 e. The number of carbonyl (C=O) groups is 1. The summed E-state index contributed by atoms with van der Waals surface area (Å²) in [6, 6.07) is 2.08. The highest BCUT2D eigenvalue weighted by molar-refractivity contribution is 7.18. The molecule has 18 heavy (non-hydrogen) atoms. The molecule has 92 valence electrons. The van der Waals surface area contributed by atoms with Crippen molar-refractivity contribution in [2.24, 2.45) is 0 Å². The molecular formula is C10H7ClN4OS2. The van der Waals surface area contributed by atoms with E-state index in [0.29, 0.717) is 10.6 Å². The van der Waals surface area contributed by atoms with E-state index in [1.54, 1.807) is 0 Å². The first kappa shape index (κ1) is 13.0. The van der Waals surface area contributed by atoms with Gasteiger partial charge in [0.25, 0.3) is 5.91 Å². The largest absolute Gasteiger partial charge is 0.310 e. The summed E-state index contributed by atoms with van der Waals surface area (Å²) in [4.78, 5) is 12.8. The van der Waals surface area contributed by atoms with Crippen LogP contribution in [0.3, 0.4) is 0 Å². The van der Waals surface area contributed by atoms with E-state index in [4.69, 9.17) is 16.9 Å². The van der Waals surface area contributed by atoms with Crippen LogP contribution in [0.1, 0.15) is 25.8 Å². The molecule has 0 aliphatic rings. The van der Waals surface area contributed by atoms with Crippen molar-refractivity contribution in [3.05, 3.63) is 25.5 Å². The minimum atomic E-state index is -0.405. The van der Waals surface area contributed by atoms with E-state index in [0.717, 1.165) is 21.8 Å². The lowest BCUT2D eigenvalue weighted by Crippen LogP contribution is -2.11. The smallest absolute Gasteiger partial charge is 0.287 e. The molecule has 0 saturated heterocycles. The van der Waals surface area contributed by atoms with E-state index in [1.165, 1.54) is 11.3 Å². The maximum atomic E-state index is 11.9. The highest BCUT2D eigenvalue weighted by atomic mass is 35.5. The summed E-state index contributed by atoms with van der Waals surface area (Å²) in [5, 5.41) is 19.6. The number of aryl methyl sites for hydroxylation is 1. The number of thiophene rings is 1. The topological polar surface area (TPSA) is 78.7 Å². The SMILES string of the molecule is Cc1sc(NC(=O)c2nnc(Cl)s2)c(C#N)c1C. The Balaban J connectivity index is 2.28. The van der Waals surface area contributed by atoms with Gasteiger partial charge in [-0.05, 0) is 31.0 Å². The molecule has 2 heterocycles. The third kappa shape index (κ3) is 2.36. The van der Waals surface area contributed by atoms with Crippen LogP contribution in [0.25, 0.3) is 0 Å². The fourth-order valence-electron chi connectivity index (χ4n) is 1.30. The molecule has 0 spiro atoms. The number of hydrogen-bond acceptors (Lipinski definition) is 6. The molecule has 0 aromatic carbocycles. The number of halogens is 1. The van der Waals surface area contributed by atoms with Crippen LogP contribution in [0, 0.1) is 25.2 Å².